The first-order chi connectivity index (χ1) is 23.4. The summed E-state index contributed by atoms with van der Waals surface area (Å²) in [6.45, 7) is 8.48. The molecule has 256 valence electrons. The van der Waals surface area contributed by atoms with Gasteiger partial charge in [0.25, 0.3) is 5.91 Å². The van der Waals surface area contributed by atoms with Crippen molar-refractivity contribution in [3.05, 3.63) is 75.9 Å². The van der Waals surface area contributed by atoms with Gasteiger partial charge >= 0.3 is 6.09 Å². The Hall–Kier alpha value is -4.20. The van der Waals surface area contributed by atoms with E-state index >= 15 is 0 Å². The van der Waals surface area contributed by atoms with Crippen LogP contribution in [0.15, 0.2) is 54.4 Å². The lowest BCUT2D eigenvalue weighted by Crippen LogP contribution is -2.39. The van der Waals surface area contributed by atoms with Crippen LogP contribution in [0.3, 0.4) is 0 Å². The summed E-state index contributed by atoms with van der Waals surface area (Å²) in [5.41, 5.74) is 3.50. The minimum Gasteiger partial charge on any atom is -0.444 e. The average molecular weight is 726 g/mol. The summed E-state index contributed by atoms with van der Waals surface area (Å²) in [4.78, 5) is 39.1. The molecule has 2 atom stereocenters. The van der Waals surface area contributed by atoms with E-state index in [0.717, 1.165) is 24.2 Å². The van der Waals surface area contributed by atoms with Crippen molar-refractivity contribution < 1.29 is 18.7 Å². The van der Waals surface area contributed by atoms with Crippen LogP contribution in [0, 0.1) is 0 Å². The molecular formula is C34H35Cl2FN8O3S. The number of anilines is 2. The fraction of sp³-hybridized carbons (Fsp3) is 0.382. The van der Waals surface area contributed by atoms with E-state index in [1.165, 1.54) is 16.0 Å². The second kappa shape index (κ2) is 13.3. The summed E-state index contributed by atoms with van der Waals surface area (Å²) in [5, 5.41) is 11.2. The summed E-state index contributed by atoms with van der Waals surface area (Å²) in [5.74, 6) is -0.419. The third-order valence-electron chi connectivity index (χ3n) is 8.62. The van der Waals surface area contributed by atoms with Crippen molar-refractivity contribution >= 4 is 68.3 Å². The number of rotatable bonds is 6. The number of benzene rings is 2. The molecule has 1 fully saturated rings. The number of hydrogen-bond donors (Lipinski definition) is 1. The molecule has 5 aromatic rings. The van der Waals surface area contributed by atoms with Gasteiger partial charge in [0.2, 0.25) is 0 Å². The topological polar surface area (TPSA) is 110 Å². The zero-order valence-electron chi connectivity index (χ0n) is 27.2. The number of thiazole rings is 1. The van der Waals surface area contributed by atoms with E-state index in [1.54, 1.807) is 39.6 Å². The number of halogens is 3. The lowest BCUT2D eigenvalue weighted by molar-refractivity contribution is -0.118. The van der Waals surface area contributed by atoms with E-state index in [4.69, 9.17) is 33.0 Å². The number of nitrogens with one attached hydrogen (secondary N) is 1. The van der Waals surface area contributed by atoms with Crippen molar-refractivity contribution in [1.29, 1.82) is 0 Å². The van der Waals surface area contributed by atoms with Crippen molar-refractivity contribution in [2.24, 2.45) is 0 Å². The number of amides is 2. The van der Waals surface area contributed by atoms with Crippen LogP contribution in [-0.2, 0) is 22.5 Å². The highest BCUT2D eigenvalue weighted by molar-refractivity contribution is 7.13. The van der Waals surface area contributed by atoms with Crippen LogP contribution in [-0.4, -0.2) is 79.2 Å². The van der Waals surface area contributed by atoms with Crippen LogP contribution in [0.25, 0.3) is 22.0 Å². The SMILES string of the molecule is CC(C)(C)OC(=O)N1CCCN(c2ccc(-c3cc(Cl)c4cn([C@@H](C(=O)Nc5nccs5)c5ncn6c5C[C@@H](F)C6)nc4c3Cl)cc2)CC1. The average Bonchev–Trinajstić information content (AvgIpc) is 3.83. The molecule has 2 amide bonds. The Morgan fingerprint density at radius 2 is 1.90 bits per heavy atom. The Labute approximate surface area is 296 Å². The van der Waals surface area contributed by atoms with Crippen LogP contribution >= 0.6 is 34.5 Å². The van der Waals surface area contributed by atoms with Crippen LogP contribution < -0.4 is 10.2 Å². The number of imidazole rings is 1. The molecule has 11 nitrogen and oxygen atoms in total. The maximum absolute atomic E-state index is 14.4. The van der Waals surface area contributed by atoms with Gasteiger partial charge in [-0.1, -0.05) is 35.3 Å². The minimum atomic E-state index is -1.06. The van der Waals surface area contributed by atoms with E-state index in [1.807, 2.05) is 45.0 Å². The van der Waals surface area contributed by atoms with E-state index in [2.05, 4.69) is 20.2 Å². The van der Waals surface area contributed by atoms with Crippen molar-refractivity contribution in [3.63, 3.8) is 0 Å². The molecule has 5 heterocycles. The van der Waals surface area contributed by atoms with E-state index in [9.17, 15) is 14.0 Å². The van der Waals surface area contributed by atoms with Gasteiger partial charge in [-0.15, -0.1) is 11.3 Å². The fourth-order valence-corrected chi connectivity index (χ4v) is 7.43. The number of ether oxygens (including phenoxy) is 1. The number of nitrogens with zero attached hydrogens (tertiary/aromatic N) is 7. The minimum absolute atomic E-state index is 0.151. The highest BCUT2D eigenvalue weighted by atomic mass is 35.5. The van der Waals surface area contributed by atoms with Crippen molar-refractivity contribution in [1.82, 2.24) is 29.2 Å². The highest BCUT2D eigenvalue weighted by Crippen LogP contribution is 2.40. The zero-order valence-corrected chi connectivity index (χ0v) is 29.5. The van der Waals surface area contributed by atoms with Crippen molar-refractivity contribution in [2.45, 2.75) is 58.0 Å². The van der Waals surface area contributed by atoms with Crippen LogP contribution in [0.2, 0.25) is 10.0 Å². The predicted octanol–water partition coefficient (Wildman–Crippen LogP) is 7.23. The molecule has 49 heavy (non-hydrogen) atoms. The first kappa shape index (κ1) is 33.3. The number of carbonyl (C=O) groups excluding carboxylic acids is 2. The first-order valence-corrected chi connectivity index (χ1v) is 17.7. The fourth-order valence-electron chi connectivity index (χ4n) is 6.35. The monoisotopic (exact) mass is 724 g/mol. The maximum Gasteiger partial charge on any atom is 0.410 e. The molecule has 0 spiro atoms. The molecule has 3 aromatic heterocycles. The van der Waals surface area contributed by atoms with Crippen molar-refractivity contribution in [2.75, 3.05) is 36.4 Å². The molecular weight excluding hydrogens is 690 g/mol. The van der Waals surface area contributed by atoms with Gasteiger partial charge in [-0.2, -0.15) is 5.10 Å². The van der Waals surface area contributed by atoms with Gasteiger partial charge in [-0.05, 0) is 51.0 Å². The van der Waals surface area contributed by atoms with E-state index in [-0.39, 0.29) is 19.1 Å². The van der Waals surface area contributed by atoms with Crippen LogP contribution in [0.4, 0.5) is 20.0 Å². The number of hydrogen-bond acceptors (Lipinski definition) is 8. The third kappa shape index (κ3) is 6.84. The summed E-state index contributed by atoms with van der Waals surface area (Å²) in [6.07, 6.45) is 4.46. The van der Waals surface area contributed by atoms with Gasteiger partial charge in [0.1, 0.15) is 17.3 Å². The molecule has 2 aliphatic heterocycles. The standard InChI is InChI=1S/C34H35Cl2FN8O3S/c1-34(2,3)48-33(47)43-11-4-10-42(12-13-43)22-7-5-20(6-8-22)23-16-25(35)24-18-45(41-28(24)27(23)36)30(31(46)40-32-38-9-14-49-32)29-26-15-21(37)17-44(26)19-39-29/h5-9,14,16,18-19,21,30H,4,10-13,15,17H2,1-3H3,(H,38,40,46)/t21-,30-/m1/s1. The quantitative estimate of drug-likeness (QED) is 0.197. The molecule has 0 radical (unpaired) electrons. The highest BCUT2D eigenvalue weighted by Gasteiger charge is 2.35. The Kier molecular flexibility index (Phi) is 9.01. The van der Waals surface area contributed by atoms with Crippen LogP contribution in [0.5, 0.6) is 0 Å². The molecule has 2 aliphatic rings. The summed E-state index contributed by atoms with van der Waals surface area (Å²) in [7, 11) is 0. The van der Waals surface area contributed by atoms with Gasteiger partial charge < -0.3 is 19.1 Å². The zero-order chi connectivity index (χ0) is 34.4. The summed E-state index contributed by atoms with van der Waals surface area (Å²) >= 11 is 15.2. The molecule has 7 rings (SSSR count). The number of aromatic nitrogens is 5. The predicted molar refractivity (Wildman–Crippen MR) is 190 cm³/mol. The van der Waals surface area contributed by atoms with Crippen LogP contribution in [0.1, 0.15) is 44.6 Å². The third-order valence-corrected chi connectivity index (χ3v) is 10.0. The Morgan fingerprint density at radius 1 is 1.10 bits per heavy atom. The lowest BCUT2D eigenvalue weighted by atomic mass is 10.0. The Balaban J connectivity index is 1.16. The largest absolute Gasteiger partial charge is 0.444 e. The molecule has 0 saturated carbocycles. The molecule has 0 unspecified atom stereocenters. The molecule has 1 saturated heterocycles. The second-order valence-corrected chi connectivity index (χ2v) is 14.9. The smallest absolute Gasteiger partial charge is 0.410 e. The van der Waals surface area contributed by atoms with Gasteiger partial charge in [0, 0.05) is 72.7 Å². The Bertz CT molecular complexity index is 2010. The summed E-state index contributed by atoms with van der Waals surface area (Å²) in [6, 6.07) is 8.80. The second-order valence-electron chi connectivity index (χ2n) is 13.2. The van der Waals surface area contributed by atoms with Gasteiger partial charge in [0.15, 0.2) is 11.2 Å². The maximum atomic E-state index is 14.4. The van der Waals surface area contributed by atoms with Gasteiger partial charge in [-0.25, -0.2) is 19.2 Å². The van der Waals surface area contributed by atoms with Gasteiger partial charge in [-0.3, -0.25) is 14.8 Å². The molecule has 0 bridgehead atoms. The Morgan fingerprint density at radius 3 is 2.63 bits per heavy atom. The molecule has 1 N–H and O–H groups in total. The van der Waals surface area contributed by atoms with E-state index in [0.29, 0.717) is 62.7 Å². The van der Waals surface area contributed by atoms with E-state index < -0.39 is 23.7 Å². The molecule has 0 aliphatic carbocycles. The lowest BCUT2D eigenvalue weighted by Gasteiger charge is -2.27. The molecule has 15 heteroatoms. The van der Waals surface area contributed by atoms with Crippen molar-refractivity contribution in [3.8, 4) is 11.1 Å². The molecule has 2 aromatic carbocycles. The normalized spacial score (nSPS) is 17.2. The number of carbonyl (C=O) groups is 2. The number of alkyl halides is 1. The first-order valence-electron chi connectivity index (χ1n) is 16.0. The van der Waals surface area contributed by atoms with Gasteiger partial charge in [0.05, 0.1) is 28.6 Å². The summed E-state index contributed by atoms with van der Waals surface area (Å²) < 4.78 is 23.2. The number of fused-ring (bicyclic) bond motifs is 2.